The number of aromatic nitrogens is 3. The van der Waals surface area contributed by atoms with Crippen molar-refractivity contribution in [2.75, 3.05) is 27.2 Å². The number of methoxy groups -OCH3 is 1. The molecule has 10 nitrogen and oxygen atoms in total. The molecule has 0 radical (unpaired) electrons. The van der Waals surface area contributed by atoms with Crippen molar-refractivity contribution >= 4 is 27.3 Å². The van der Waals surface area contributed by atoms with Gasteiger partial charge in [-0.2, -0.15) is 5.10 Å². The van der Waals surface area contributed by atoms with Gasteiger partial charge >= 0.3 is 0 Å². The van der Waals surface area contributed by atoms with Crippen LogP contribution < -0.4 is 15.4 Å². The molecule has 0 amide bonds. The van der Waals surface area contributed by atoms with Crippen LogP contribution in [0, 0.1) is 0 Å². The van der Waals surface area contributed by atoms with Crippen molar-refractivity contribution in [1.29, 1.82) is 0 Å². The predicted octanol–water partition coefficient (Wildman–Crippen LogP) is -0.0557. The fourth-order valence-electron chi connectivity index (χ4n) is 2.91. The van der Waals surface area contributed by atoms with E-state index in [1.54, 1.807) is 31.7 Å². The van der Waals surface area contributed by atoms with Crippen molar-refractivity contribution < 1.29 is 13.2 Å². The Hall–Kier alpha value is -2.02. The van der Waals surface area contributed by atoms with Crippen LogP contribution in [0.1, 0.15) is 18.1 Å². The quantitative estimate of drug-likeness (QED) is 0.306. The fraction of sp³-hybridized carbons (Fsp3) is 0.562. The van der Waals surface area contributed by atoms with Crippen molar-refractivity contribution in [2.24, 2.45) is 4.99 Å². The van der Waals surface area contributed by atoms with Gasteiger partial charge in [-0.1, -0.05) is 6.07 Å². The molecule has 1 unspecified atom stereocenters. The van der Waals surface area contributed by atoms with Crippen LogP contribution >= 0.6 is 11.3 Å². The lowest BCUT2D eigenvalue weighted by molar-refractivity contribution is 0.177. The molecule has 3 N–H and O–H groups in total. The minimum Gasteiger partial charge on any atom is -0.377 e. The Morgan fingerprint density at radius 2 is 2.32 bits per heavy atom. The van der Waals surface area contributed by atoms with E-state index in [1.165, 1.54) is 11.3 Å². The van der Waals surface area contributed by atoms with E-state index >= 15 is 0 Å². The molecule has 0 saturated heterocycles. The molecule has 2 aromatic rings. The summed E-state index contributed by atoms with van der Waals surface area (Å²) in [6.07, 6.45) is 1.74. The summed E-state index contributed by atoms with van der Waals surface area (Å²) in [5.74, 6) is 2.29. The molecule has 0 aliphatic carbocycles. The molecule has 1 atom stereocenters. The van der Waals surface area contributed by atoms with Crippen molar-refractivity contribution in [3.63, 3.8) is 0 Å². The van der Waals surface area contributed by atoms with E-state index in [4.69, 9.17) is 4.74 Å². The lowest BCUT2D eigenvalue weighted by atomic mass is 10.1. The molecule has 0 bridgehead atoms. The second-order valence-corrected chi connectivity index (χ2v) is 9.21. The summed E-state index contributed by atoms with van der Waals surface area (Å²) in [6.45, 7) is 1.78. The summed E-state index contributed by atoms with van der Waals surface area (Å²) in [6, 6.07) is 3.46. The van der Waals surface area contributed by atoms with E-state index in [0.29, 0.717) is 35.7 Å². The van der Waals surface area contributed by atoms with Gasteiger partial charge in [0.15, 0.2) is 11.8 Å². The number of thiophene rings is 1. The molecule has 1 aliphatic rings. The topological polar surface area (TPSA) is 123 Å². The number of fused-ring (bicyclic) bond motifs is 1. The van der Waals surface area contributed by atoms with Crippen LogP contribution in [0.4, 0.5) is 0 Å². The van der Waals surface area contributed by atoms with Gasteiger partial charge in [-0.25, -0.2) is 22.8 Å². The second-order valence-electron chi connectivity index (χ2n) is 6.27. The minimum atomic E-state index is -3.45. The van der Waals surface area contributed by atoms with Crippen LogP contribution in [0.2, 0.25) is 0 Å². The number of aryl methyl sites for hydroxylation is 1. The van der Waals surface area contributed by atoms with Crippen molar-refractivity contribution in [2.45, 2.75) is 36.2 Å². The van der Waals surface area contributed by atoms with Crippen LogP contribution in [-0.4, -0.2) is 62.4 Å². The molecular weight excluding hydrogens is 402 g/mol. The number of rotatable bonds is 8. The molecule has 28 heavy (non-hydrogen) atoms. The predicted molar refractivity (Wildman–Crippen MR) is 107 cm³/mol. The highest BCUT2D eigenvalue weighted by Gasteiger charge is 2.22. The maximum Gasteiger partial charge on any atom is 0.250 e. The van der Waals surface area contributed by atoms with Gasteiger partial charge < -0.3 is 15.4 Å². The molecule has 1 aliphatic heterocycles. The van der Waals surface area contributed by atoms with Crippen molar-refractivity contribution in [3.8, 4) is 0 Å². The first-order chi connectivity index (χ1) is 13.5. The molecule has 2 aromatic heterocycles. The second kappa shape index (κ2) is 9.45. The van der Waals surface area contributed by atoms with Crippen molar-refractivity contribution in [3.05, 3.63) is 29.2 Å². The zero-order valence-electron chi connectivity index (χ0n) is 15.9. The van der Waals surface area contributed by atoms with Crippen LogP contribution in [0.25, 0.3) is 0 Å². The zero-order valence-corrected chi connectivity index (χ0v) is 17.5. The SMILES string of the molecule is CN=C(NCCNS(=O)(=O)c1cccs1)NC1CCc2nc(COC)nn2C1. The van der Waals surface area contributed by atoms with E-state index in [2.05, 4.69) is 30.4 Å². The first-order valence-corrected chi connectivity index (χ1v) is 11.3. The van der Waals surface area contributed by atoms with E-state index in [1.807, 2.05) is 4.68 Å². The van der Waals surface area contributed by atoms with E-state index in [9.17, 15) is 8.42 Å². The third kappa shape index (κ3) is 5.28. The van der Waals surface area contributed by atoms with E-state index < -0.39 is 10.0 Å². The first-order valence-electron chi connectivity index (χ1n) is 8.93. The number of ether oxygens (including phenoxy) is 1. The molecule has 3 heterocycles. The molecule has 0 fully saturated rings. The van der Waals surface area contributed by atoms with Gasteiger partial charge in [0.1, 0.15) is 16.6 Å². The van der Waals surface area contributed by atoms with Gasteiger partial charge in [0.25, 0.3) is 0 Å². The Morgan fingerprint density at radius 3 is 3.04 bits per heavy atom. The summed E-state index contributed by atoms with van der Waals surface area (Å²) in [5.41, 5.74) is 0. The number of guanidine groups is 1. The number of hydrogen-bond acceptors (Lipinski definition) is 7. The molecule has 12 heteroatoms. The number of sulfonamides is 1. The number of hydrogen-bond donors (Lipinski definition) is 3. The maximum absolute atomic E-state index is 12.1. The molecule has 0 spiro atoms. The summed E-state index contributed by atoms with van der Waals surface area (Å²) in [4.78, 5) is 8.68. The Morgan fingerprint density at radius 1 is 1.46 bits per heavy atom. The molecule has 154 valence electrons. The highest BCUT2D eigenvalue weighted by Crippen LogP contribution is 2.15. The van der Waals surface area contributed by atoms with Crippen LogP contribution in [0.5, 0.6) is 0 Å². The van der Waals surface area contributed by atoms with E-state index in [-0.39, 0.29) is 12.6 Å². The van der Waals surface area contributed by atoms with Crippen LogP contribution in [0.3, 0.4) is 0 Å². The van der Waals surface area contributed by atoms with Crippen molar-refractivity contribution in [1.82, 2.24) is 30.1 Å². The summed E-state index contributed by atoms with van der Waals surface area (Å²) < 4.78 is 34.1. The van der Waals surface area contributed by atoms with Gasteiger partial charge in [0.05, 0.1) is 6.54 Å². The maximum atomic E-state index is 12.1. The zero-order chi connectivity index (χ0) is 20.0. The third-order valence-electron chi connectivity index (χ3n) is 4.21. The highest BCUT2D eigenvalue weighted by atomic mass is 32.2. The average molecular weight is 428 g/mol. The van der Waals surface area contributed by atoms with Gasteiger partial charge in [0.2, 0.25) is 10.0 Å². The number of nitrogens with one attached hydrogen (secondary N) is 3. The monoisotopic (exact) mass is 427 g/mol. The summed E-state index contributed by atoms with van der Waals surface area (Å²) in [5, 5.41) is 12.7. The Labute approximate surface area is 168 Å². The van der Waals surface area contributed by atoms with E-state index in [0.717, 1.165) is 18.7 Å². The average Bonchev–Trinajstić information content (AvgIpc) is 3.34. The fourth-order valence-corrected chi connectivity index (χ4v) is 4.98. The minimum absolute atomic E-state index is 0.165. The third-order valence-corrected chi connectivity index (χ3v) is 7.07. The van der Waals surface area contributed by atoms with Gasteiger partial charge in [-0.15, -0.1) is 11.3 Å². The normalized spacial score (nSPS) is 17.4. The molecular formula is C16H25N7O3S2. The van der Waals surface area contributed by atoms with Crippen LogP contribution in [-0.2, 0) is 34.3 Å². The smallest absolute Gasteiger partial charge is 0.250 e. The standard InChI is InChI=1S/C16H25N7O3S2/c1-17-16(18-7-8-19-28(24,25)15-4-3-9-27-15)20-12-5-6-14-21-13(11-26-2)22-23(14)10-12/h3-4,9,12,19H,5-8,10-11H2,1-2H3,(H2,17,18,20). The Bertz CT molecular complexity index is 893. The largest absolute Gasteiger partial charge is 0.377 e. The number of aliphatic imine (C=N–C) groups is 1. The van der Waals surface area contributed by atoms with Gasteiger partial charge in [-0.05, 0) is 17.9 Å². The first kappa shape index (κ1) is 20.7. The molecule has 3 rings (SSSR count). The molecule has 0 aromatic carbocycles. The lowest BCUT2D eigenvalue weighted by Crippen LogP contribution is -2.48. The van der Waals surface area contributed by atoms with Gasteiger partial charge in [-0.3, -0.25) is 4.99 Å². The Balaban J connectivity index is 1.45. The summed E-state index contributed by atoms with van der Waals surface area (Å²) in [7, 11) is -0.134. The van der Waals surface area contributed by atoms with Gasteiger partial charge in [0, 0.05) is 39.7 Å². The summed E-state index contributed by atoms with van der Waals surface area (Å²) >= 11 is 1.19. The van der Waals surface area contributed by atoms with Crippen LogP contribution in [0.15, 0.2) is 26.7 Å². The highest BCUT2D eigenvalue weighted by molar-refractivity contribution is 7.91. The Kier molecular flexibility index (Phi) is 6.99. The lowest BCUT2D eigenvalue weighted by Gasteiger charge is -2.25. The number of nitrogens with zero attached hydrogens (tertiary/aromatic N) is 4. The molecule has 0 saturated carbocycles.